The largest absolute Gasteiger partial charge is 0.361 e. The minimum atomic E-state index is 0.691. The summed E-state index contributed by atoms with van der Waals surface area (Å²) in [6, 6.07) is 7.89. The van der Waals surface area contributed by atoms with Gasteiger partial charge in [-0.15, -0.1) is 0 Å². The lowest BCUT2D eigenvalue weighted by atomic mass is 10.2. The smallest absolute Gasteiger partial charge is 0.156 e. The van der Waals surface area contributed by atoms with Gasteiger partial charge in [-0.05, 0) is 17.5 Å². The van der Waals surface area contributed by atoms with Crippen molar-refractivity contribution >= 4 is 28.5 Å². The fourth-order valence-electron chi connectivity index (χ4n) is 1.48. The van der Waals surface area contributed by atoms with Crippen molar-refractivity contribution in [2.24, 2.45) is 10.9 Å². The number of benzene rings is 1. The number of hydrogen-bond acceptors (Lipinski definition) is 3. The molecule has 1 unspecified atom stereocenters. The Bertz CT molecular complexity index is 392. The van der Waals surface area contributed by atoms with Crippen molar-refractivity contribution in [2.45, 2.75) is 13.5 Å². The van der Waals surface area contributed by atoms with Gasteiger partial charge in [0, 0.05) is 23.9 Å². The van der Waals surface area contributed by atoms with E-state index in [0.29, 0.717) is 5.92 Å². The highest BCUT2D eigenvalue weighted by Gasteiger charge is 2.11. The molecule has 0 spiro atoms. The summed E-state index contributed by atoms with van der Waals surface area (Å²) < 4.78 is 0. The Hall–Kier alpha value is -0.670. The van der Waals surface area contributed by atoms with Crippen LogP contribution in [0.4, 0.5) is 0 Å². The van der Waals surface area contributed by atoms with Crippen LogP contribution in [0.15, 0.2) is 29.3 Å². The lowest BCUT2D eigenvalue weighted by Crippen LogP contribution is -2.25. The molecule has 0 saturated carbocycles. The number of halogens is 1. The van der Waals surface area contributed by atoms with E-state index in [-0.39, 0.29) is 0 Å². The van der Waals surface area contributed by atoms with Gasteiger partial charge in [0.05, 0.1) is 0 Å². The van der Waals surface area contributed by atoms with E-state index >= 15 is 0 Å². The molecule has 2 rings (SSSR count). The van der Waals surface area contributed by atoms with Crippen LogP contribution in [-0.4, -0.2) is 17.5 Å². The maximum Gasteiger partial charge on any atom is 0.156 e. The van der Waals surface area contributed by atoms with E-state index in [1.54, 1.807) is 11.8 Å². The van der Waals surface area contributed by atoms with Gasteiger partial charge in [0.15, 0.2) is 5.17 Å². The second kappa shape index (κ2) is 5.60. The number of thioether (sulfide) groups is 1. The van der Waals surface area contributed by atoms with Crippen molar-refractivity contribution in [3.05, 3.63) is 34.9 Å². The number of rotatable bonds is 2. The summed E-state index contributed by atoms with van der Waals surface area (Å²) in [6.45, 7) is 3.90. The fraction of sp³-hybridized carbons (Fsp3) is 0.417. The zero-order valence-electron chi connectivity index (χ0n) is 9.24. The van der Waals surface area contributed by atoms with Gasteiger partial charge in [0.2, 0.25) is 0 Å². The summed E-state index contributed by atoms with van der Waals surface area (Å²) >= 11 is 7.87. The van der Waals surface area contributed by atoms with E-state index in [4.69, 9.17) is 11.6 Å². The molecule has 16 heavy (non-hydrogen) atoms. The molecule has 0 fully saturated rings. The van der Waals surface area contributed by atoms with Crippen LogP contribution in [0.2, 0.25) is 5.02 Å². The molecule has 0 aliphatic carbocycles. The summed E-state index contributed by atoms with van der Waals surface area (Å²) in [5.41, 5.74) is 1.12. The average Bonchev–Trinajstić information content (AvgIpc) is 2.30. The predicted molar refractivity (Wildman–Crippen MR) is 72.2 cm³/mol. The highest BCUT2D eigenvalue weighted by molar-refractivity contribution is 8.13. The van der Waals surface area contributed by atoms with Gasteiger partial charge in [-0.25, -0.2) is 0 Å². The quantitative estimate of drug-likeness (QED) is 0.877. The van der Waals surface area contributed by atoms with E-state index < -0.39 is 0 Å². The van der Waals surface area contributed by atoms with Crippen LogP contribution in [0, 0.1) is 5.92 Å². The maximum atomic E-state index is 6.08. The van der Waals surface area contributed by atoms with Gasteiger partial charge < -0.3 is 5.32 Å². The van der Waals surface area contributed by atoms with Crippen molar-refractivity contribution in [1.29, 1.82) is 0 Å². The first-order valence-electron chi connectivity index (χ1n) is 5.40. The van der Waals surface area contributed by atoms with Crippen molar-refractivity contribution in [3.63, 3.8) is 0 Å². The molecule has 1 aliphatic heterocycles. The van der Waals surface area contributed by atoms with E-state index in [1.807, 2.05) is 24.3 Å². The van der Waals surface area contributed by atoms with Crippen LogP contribution < -0.4 is 5.32 Å². The first-order chi connectivity index (χ1) is 7.75. The minimum Gasteiger partial charge on any atom is -0.361 e. The molecule has 1 aromatic carbocycles. The predicted octanol–water partition coefficient (Wildman–Crippen LogP) is 3.17. The molecule has 0 aromatic heterocycles. The Morgan fingerprint density at radius 3 is 3.00 bits per heavy atom. The molecule has 0 saturated heterocycles. The monoisotopic (exact) mass is 254 g/mol. The minimum absolute atomic E-state index is 0.691. The SMILES string of the molecule is CC1CN=C(NCc2ccccc2Cl)SC1. The Morgan fingerprint density at radius 1 is 1.50 bits per heavy atom. The third-order valence-corrected chi connectivity index (χ3v) is 4.09. The topological polar surface area (TPSA) is 24.4 Å². The van der Waals surface area contributed by atoms with Crippen molar-refractivity contribution in [3.8, 4) is 0 Å². The van der Waals surface area contributed by atoms with Crippen LogP contribution in [0.5, 0.6) is 0 Å². The Labute approximate surface area is 105 Å². The lowest BCUT2D eigenvalue weighted by Gasteiger charge is -2.18. The zero-order valence-corrected chi connectivity index (χ0v) is 10.8. The molecule has 1 aliphatic rings. The summed E-state index contributed by atoms with van der Waals surface area (Å²) in [5.74, 6) is 1.84. The number of nitrogens with zero attached hydrogens (tertiary/aromatic N) is 1. The summed E-state index contributed by atoms with van der Waals surface area (Å²) in [5, 5.41) is 5.18. The average molecular weight is 255 g/mol. The fourth-order valence-corrected chi connectivity index (χ4v) is 2.57. The maximum absolute atomic E-state index is 6.08. The highest BCUT2D eigenvalue weighted by Crippen LogP contribution is 2.18. The van der Waals surface area contributed by atoms with Crippen molar-refractivity contribution in [2.75, 3.05) is 12.3 Å². The molecule has 1 aromatic rings. The zero-order chi connectivity index (χ0) is 11.4. The van der Waals surface area contributed by atoms with E-state index in [9.17, 15) is 0 Å². The molecule has 1 N–H and O–H groups in total. The molecule has 0 radical (unpaired) electrons. The lowest BCUT2D eigenvalue weighted by molar-refractivity contribution is 0.669. The molecule has 0 amide bonds. The van der Waals surface area contributed by atoms with Gasteiger partial charge in [-0.3, -0.25) is 4.99 Å². The number of aliphatic imine (C=N–C) groups is 1. The van der Waals surface area contributed by atoms with Crippen LogP contribution in [-0.2, 0) is 6.54 Å². The van der Waals surface area contributed by atoms with E-state index in [0.717, 1.165) is 34.6 Å². The molecule has 1 heterocycles. The van der Waals surface area contributed by atoms with Gasteiger partial charge in [-0.2, -0.15) is 0 Å². The van der Waals surface area contributed by atoms with Crippen molar-refractivity contribution in [1.82, 2.24) is 5.32 Å². The highest BCUT2D eigenvalue weighted by atomic mass is 35.5. The van der Waals surface area contributed by atoms with E-state index in [1.165, 1.54) is 0 Å². The molecular weight excluding hydrogens is 240 g/mol. The third kappa shape index (κ3) is 3.16. The van der Waals surface area contributed by atoms with E-state index in [2.05, 4.69) is 17.2 Å². The van der Waals surface area contributed by atoms with Gasteiger partial charge in [0.25, 0.3) is 0 Å². The Kier molecular flexibility index (Phi) is 4.13. The van der Waals surface area contributed by atoms with Crippen LogP contribution in [0.3, 0.4) is 0 Å². The molecule has 4 heteroatoms. The molecule has 1 atom stereocenters. The molecule has 86 valence electrons. The summed E-state index contributed by atoms with van der Waals surface area (Å²) in [6.07, 6.45) is 0. The summed E-state index contributed by atoms with van der Waals surface area (Å²) in [4.78, 5) is 4.48. The van der Waals surface area contributed by atoms with Gasteiger partial charge in [0.1, 0.15) is 0 Å². The second-order valence-corrected chi connectivity index (χ2v) is 5.42. The Morgan fingerprint density at radius 2 is 2.31 bits per heavy atom. The number of nitrogens with one attached hydrogen (secondary N) is 1. The van der Waals surface area contributed by atoms with Gasteiger partial charge in [-0.1, -0.05) is 48.5 Å². The van der Waals surface area contributed by atoms with Crippen LogP contribution >= 0.6 is 23.4 Å². The van der Waals surface area contributed by atoms with Crippen molar-refractivity contribution < 1.29 is 0 Å². The van der Waals surface area contributed by atoms with Gasteiger partial charge >= 0.3 is 0 Å². The first kappa shape index (κ1) is 11.8. The molecular formula is C12H15ClN2S. The number of amidine groups is 1. The normalized spacial score (nSPS) is 20.4. The third-order valence-electron chi connectivity index (χ3n) is 2.44. The molecule has 0 bridgehead atoms. The standard InChI is InChI=1S/C12H15ClN2S/c1-9-6-14-12(16-8-9)15-7-10-4-2-3-5-11(10)13/h2-5,9H,6-8H2,1H3,(H,14,15). The molecule has 2 nitrogen and oxygen atoms in total. The van der Waals surface area contributed by atoms with Crippen LogP contribution in [0.25, 0.3) is 0 Å². The second-order valence-electron chi connectivity index (χ2n) is 4.01. The summed E-state index contributed by atoms with van der Waals surface area (Å²) in [7, 11) is 0. The Balaban J connectivity index is 1.91. The number of hydrogen-bond donors (Lipinski definition) is 1. The van der Waals surface area contributed by atoms with Crippen LogP contribution in [0.1, 0.15) is 12.5 Å². The first-order valence-corrected chi connectivity index (χ1v) is 6.76.